The number of carbonyl (C=O) groups is 1. The van der Waals surface area contributed by atoms with Crippen LogP contribution in [0.25, 0.3) is 11.0 Å². The molecule has 2 aromatic heterocycles. The normalized spacial score (nSPS) is 26.2. The average Bonchev–Trinajstić information content (AvgIpc) is 2.86. The Morgan fingerprint density at radius 1 is 1.43 bits per heavy atom. The van der Waals surface area contributed by atoms with E-state index < -0.39 is 0 Å². The number of hydrogen-bond donors (Lipinski definition) is 1. The maximum atomic E-state index is 12.7. The third-order valence-electron chi connectivity index (χ3n) is 4.80. The topological polar surface area (TPSA) is 49.0 Å². The molecule has 1 N–H and O–H groups in total. The predicted molar refractivity (Wildman–Crippen MR) is 83.9 cm³/mol. The maximum absolute atomic E-state index is 12.7. The van der Waals surface area contributed by atoms with E-state index in [0.29, 0.717) is 24.3 Å². The second kappa shape index (κ2) is 5.51. The van der Waals surface area contributed by atoms with Crippen LogP contribution in [0.5, 0.6) is 0 Å². The molecule has 3 atom stereocenters. The second-order valence-corrected chi connectivity index (χ2v) is 6.50. The summed E-state index contributed by atoms with van der Waals surface area (Å²) >= 11 is 0. The Kier molecular flexibility index (Phi) is 3.70. The Balaban J connectivity index is 1.79. The van der Waals surface area contributed by atoms with Gasteiger partial charge in [-0.1, -0.05) is 13.8 Å². The van der Waals surface area contributed by atoms with Gasteiger partial charge in [-0.2, -0.15) is 0 Å². The van der Waals surface area contributed by atoms with Gasteiger partial charge in [0.05, 0.1) is 6.42 Å². The number of rotatable bonds is 2. The molecule has 0 radical (unpaired) electrons. The van der Waals surface area contributed by atoms with E-state index in [9.17, 15) is 4.79 Å². The fourth-order valence-electron chi connectivity index (χ4n) is 3.47. The molecule has 3 rings (SSSR count). The van der Waals surface area contributed by atoms with E-state index in [1.807, 2.05) is 18.3 Å². The fraction of sp³-hybridized carbons (Fsp3) is 0.529. The lowest BCUT2D eigenvalue weighted by molar-refractivity contribution is -0.136. The van der Waals surface area contributed by atoms with Crippen molar-refractivity contribution in [3.05, 3.63) is 30.1 Å². The van der Waals surface area contributed by atoms with Crippen molar-refractivity contribution >= 4 is 16.9 Å². The molecule has 21 heavy (non-hydrogen) atoms. The van der Waals surface area contributed by atoms with Crippen molar-refractivity contribution in [2.45, 2.75) is 39.7 Å². The van der Waals surface area contributed by atoms with Gasteiger partial charge in [0.2, 0.25) is 5.91 Å². The number of piperidine rings is 1. The number of hydrogen-bond acceptors (Lipinski definition) is 2. The zero-order valence-electron chi connectivity index (χ0n) is 13.0. The fourth-order valence-corrected chi connectivity index (χ4v) is 3.47. The largest absolute Gasteiger partial charge is 0.346 e. The lowest BCUT2D eigenvalue weighted by Crippen LogP contribution is -2.49. The summed E-state index contributed by atoms with van der Waals surface area (Å²) in [6.45, 7) is 7.53. The van der Waals surface area contributed by atoms with Crippen molar-refractivity contribution in [1.29, 1.82) is 0 Å². The van der Waals surface area contributed by atoms with Crippen LogP contribution in [0.4, 0.5) is 0 Å². The lowest BCUT2D eigenvalue weighted by atomic mass is 9.85. The first-order valence-electron chi connectivity index (χ1n) is 7.76. The molecule has 0 spiro atoms. The Bertz CT molecular complexity index is 648. The van der Waals surface area contributed by atoms with Crippen LogP contribution in [0.3, 0.4) is 0 Å². The van der Waals surface area contributed by atoms with Crippen molar-refractivity contribution in [2.24, 2.45) is 11.8 Å². The number of amides is 1. The molecule has 0 aromatic carbocycles. The molecular weight excluding hydrogens is 262 g/mol. The van der Waals surface area contributed by atoms with Crippen LogP contribution in [0.15, 0.2) is 24.5 Å². The molecule has 1 amide bonds. The van der Waals surface area contributed by atoms with Crippen LogP contribution in [-0.4, -0.2) is 33.4 Å². The summed E-state index contributed by atoms with van der Waals surface area (Å²) in [5, 5.41) is 1.05. The van der Waals surface area contributed by atoms with Crippen molar-refractivity contribution in [3.63, 3.8) is 0 Å². The van der Waals surface area contributed by atoms with Gasteiger partial charge in [0, 0.05) is 30.4 Å². The number of carbonyl (C=O) groups excluding carboxylic acids is 1. The summed E-state index contributed by atoms with van der Waals surface area (Å²) in [5.74, 6) is 1.39. The van der Waals surface area contributed by atoms with Gasteiger partial charge in [-0.05, 0) is 42.9 Å². The third-order valence-corrected chi connectivity index (χ3v) is 4.80. The standard InChI is InChI=1S/C17H23N3O/c1-11-7-12(2)13(3)20(10-11)16(21)8-14-9-19-17-15(14)5-4-6-18-17/h4-6,9,11-13H,7-8,10H2,1-3H3,(H,18,19). The van der Waals surface area contributed by atoms with Crippen molar-refractivity contribution in [3.8, 4) is 0 Å². The van der Waals surface area contributed by atoms with Crippen molar-refractivity contribution < 1.29 is 4.79 Å². The first-order valence-corrected chi connectivity index (χ1v) is 7.76. The summed E-state index contributed by atoms with van der Waals surface area (Å²) < 4.78 is 0. The monoisotopic (exact) mass is 285 g/mol. The predicted octanol–water partition coefficient (Wildman–Crippen LogP) is 3.00. The summed E-state index contributed by atoms with van der Waals surface area (Å²) in [6.07, 6.45) is 5.34. The number of nitrogens with one attached hydrogen (secondary N) is 1. The highest BCUT2D eigenvalue weighted by Gasteiger charge is 2.31. The molecule has 4 nitrogen and oxygen atoms in total. The first-order chi connectivity index (χ1) is 10.1. The highest BCUT2D eigenvalue weighted by Crippen LogP contribution is 2.28. The van der Waals surface area contributed by atoms with E-state index in [1.165, 1.54) is 6.42 Å². The molecule has 2 aromatic rings. The molecule has 0 saturated carbocycles. The number of aromatic amines is 1. The van der Waals surface area contributed by atoms with Gasteiger partial charge in [0.1, 0.15) is 5.65 Å². The Hall–Kier alpha value is -1.84. The number of pyridine rings is 1. The number of nitrogens with zero attached hydrogens (tertiary/aromatic N) is 2. The average molecular weight is 285 g/mol. The van der Waals surface area contributed by atoms with Crippen molar-refractivity contribution in [1.82, 2.24) is 14.9 Å². The lowest BCUT2D eigenvalue weighted by Gasteiger charge is -2.41. The van der Waals surface area contributed by atoms with Crippen LogP contribution >= 0.6 is 0 Å². The smallest absolute Gasteiger partial charge is 0.227 e. The van der Waals surface area contributed by atoms with E-state index in [0.717, 1.165) is 23.1 Å². The molecule has 0 bridgehead atoms. The van der Waals surface area contributed by atoms with E-state index in [1.54, 1.807) is 6.20 Å². The molecule has 0 aliphatic carbocycles. The summed E-state index contributed by atoms with van der Waals surface area (Å²) in [6, 6.07) is 4.27. The minimum Gasteiger partial charge on any atom is -0.346 e. The highest BCUT2D eigenvalue weighted by molar-refractivity contribution is 5.87. The molecular formula is C17H23N3O. The van der Waals surface area contributed by atoms with E-state index in [4.69, 9.17) is 0 Å². The summed E-state index contributed by atoms with van der Waals surface area (Å²) in [7, 11) is 0. The SMILES string of the molecule is CC1CC(C)C(C)N(C(=O)Cc2c[nH]c3ncccc23)C1. The van der Waals surface area contributed by atoms with Crippen LogP contribution < -0.4 is 0 Å². The van der Waals surface area contributed by atoms with Crippen LogP contribution in [0, 0.1) is 11.8 Å². The zero-order chi connectivity index (χ0) is 15.0. The summed E-state index contributed by atoms with van der Waals surface area (Å²) in [4.78, 5) is 22.2. The Labute approximate surface area is 125 Å². The minimum atomic E-state index is 0.227. The van der Waals surface area contributed by atoms with Crippen molar-refractivity contribution in [2.75, 3.05) is 6.54 Å². The van der Waals surface area contributed by atoms with E-state index in [2.05, 4.69) is 35.6 Å². The van der Waals surface area contributed by atoms with Crippen LogP contribution in [-0.2, 0) is 11.2 Å². The van der Waals surface area contributed by atoms with Gasteiger partial charge in [-0.15, -0.1) is 0 Å². The molecule has 1 fully saturated rings. The van der Waals surface area contributed by atoms with Gasteiger partial charge in [0.15, 0.2) is 0 Å². The van der Waals surface area contributed by atoms with Gasteiger partial charge < -0.3 is 9.88 Å². The molecule has 1 aliphatic rings. The van der Waals surface area contributed by atoms with Crippen LogP contribution in [0.2, 0.25) is 0 Å². The molecule has 1 saturated heterocycles. The van der Waals surface area contributed by atoms with E-state index >= 15 is 0 Å². The third kappa shape index (κ3) is 2.67. The zero-order valence-corrected chi connectivity index (χ0v) is 13.0. The molecule has 4 heteroatoms. The number of aromatic nitrogens is 2. The number of likely N-dealkylation sites (tertiary alicyclic amines) is 1. The first kappa shape index (κ1) is 14.1. The molecule has 3 unspecified atom stereocenters. The Morgan fingerprint density at radius 2 is 2.24 bits per heavy atom. The van der Waals surface area contributed by atoms with Crippen LogP contribution in [0.1, 0.15) is 32.8 Å². The molecule has 112 valence electrons. The quantitative estimate of drug-likeness (QED) is 0.922. The van der Waals surface area contributed by atoms with Gasteiger partial charge in [-0.3, -0.25) is 4.79 Å². The summed E-state index contributed by atoms with van der Waals surface area (Å²) in [5.41, 5.74) is 1.90. The second-order valence-electron chi connectivity index (χ2n) is 6.50. The van der Waals surface area contributed by atoms with Gasteiger partial charge in [-0.25, -0.2) is 4.98 Å². The van der Waals surface area contributed by atoms with Gasteiger partial charge >= 0.3 is 0 Å². The Morgan fingerprint density at radius 3 is 3.05 bits per heavy atom. The molecule has 3 heterocycles. The number of H-pyrrole nitrogens is 1. The van der Waals surface area contributed by atoms with Gasteiger partial charge in [0.25, 0.3) is 0 Å². The highest BCUT2D eigenvalue weighted by atomic mass is 16.2. The maximum Gasteiger partial charge on any atom is 0.227 e. The molecule has 1 aliphatic heterocycles. The number of fused-ring (bicyclic) bond motifs is 1. The minimum absolute atomic E-state index is 0.227. The van der Waals surface area contributed by atoms with E-state index in [-0.39, 0.29) is 5.91 Å².